The number of rotatable bonds is 8. The quantitative estimate of drug-likeness (QED) is 0.515. The van der Waals surface area contributed by atoms with Crippen molar-refractivity contribution < 1.29 is 13.2 Å². The summed E-state index contributed by atoms with van der Waals surface area (Å²) < 4.78 is 27.9. The molecule has 0 unspecified atom stereocenters. The Morgan fingerprint density at radius 2 is 1.74 bits per heavy atom. The molecule has 1 amide bonds. The molecule has 7 nitrogen and oxygen atoms in total. The van der Waals surface area contributed by atoms with E-state index in [-0.39, 0.29) is 22.9 Å². The first kappa shape index (κ1) is 23.9. The number of piperidine rings is 1. The number of hydrogen-bond acceptors (Lipinski definition) is 5. The highest BCUT2D eigenvalue weighted by molar-refractivity contribution is 7.89. The van der Waals surface area contributed by atoms with Crippen LogP contribution in [0.4, 0.5) is 5.82 Å². The summed E-state index contributed by atoms with van der Waals surface area (Å²) in [5, 5.41) is 2.85. The molecule has 0 radical (unpaired) electrons. The summed E-state index contributed by atoms with van der Waals surface area (Å²) in [7, 11) is -3.75. The first-order valence-electron chi connectivity index (χ1n) is 11.5. The van der Waals surface area contributed by atoms with Crippen molar-refractivity contribution in [3.8, 4) is 0 Å². The number of nitrogens with zero attached hydrogens (tertiary/aromatic N) is 2. The molecule has 1 aliphatic rings. The average Bonchev–Trinajstić information content (AvgIpc) is 2.88. The molecule has 8 heteroatoms. The molecule has 2 heterocycles. The standard InChI is InChI=1S/C26H30N4O3S/c1-20-12-14-30(15-13-20)25-11-10-22(17-27-25)18-28-26(31)23-8-5-9-24(16-23)34(32,33)29-19-21-6-3-2-4-7-21/h2-11,16-17,20,29H,12-15,18-19H2,1H3,(H,28,31). The van der Waals surface area contributed by atoms with Crippen LogP contribution in [0.1, 0.15) is 41.3 Å². The van der Waals surface area contributed by atoms with Crippen LogP contribution in [0, 0.1) is 5.92 Å². The van der Waals surface area contributed by atoms with Gasteiger partial charge < -0.3 is 10.2 Å². The van der Waals surface area contributed by atoms with Gasteiger partial charge >= 0.3 is 0 Å². The highest BCUT2D eigenvalue weighted by Crippen LogP contribution is 2.21. The van der Waals surface area contributed by atoms with E-state index in [0.29, 0.717) is 6.54 Å². The van der Waals surface area contributed by atoms with Gasteiger partial charge in [0, 0.05) is 37.9 Å². The zero-order valence-electron chi connectivity index (χ0n) is 19.3. The molecule has 0 spiro atoms. The molecular weight excluding hydrogens is 448 g/mol. The van der Waals surface area contributed by atoms with E-state index in [1.165, 1.54) is 25.0 Å². The molecule has 0 atom stereocenters. The molecule has 34 heavy (non-hydrogen) atoms. The van der Waals surface area contributed by atoms with Crippen LogP contribution < -0.4 is 14.9 Å². The van der Waals surface area contributed by atoms with Crippen LogP contribution in [0.25, 0.3) is 0 Å². The van der Waals surface area contributed by atoms with Crippen LogP contribution in [-0.4, -0.2) is 32.4 Å². The lowest BCUT2D eigenvalue weighted by Crippen LogP contribution is -2.33. The number of nitrogens with one attached hydrogen (secondary N) is 2. The fourth-order valence-corrected chi connectivity index (χ4v) is 4.96. The van der Waals surface area contributed by atoms with Gasteiger partial charge in [-0.05, 0) is 54.2 Å². The molecule has 3 aromatic rings. The van der Waals surface area contributed by atoms with Gasteiger partial charge in [-0.1, -0.05) is 49.4 Å². The van der Waals surface area contributed by atoms with Gasteiger partial charge in [-0.3, -0.25) is 4.79 Å². The van der Waals surface area contributed by atoms with E-state index in [9.17, 15) is 13.2 Å². The molecule has 0 saturated carbocycles. The second kappa shape index (κ2) is 10.8. The summed E-state index contributed by atoms with van der Waals surface area (Å²) >= 11 is 0. The number of carbonyl (C=O) groups is 1. The molecular formula is C26H30N4O3S. The fourth-order valence-electron chi connectivity index (χ4n) is 3.89. The first-order chi connectivity index (χ1) is 16.4. The molecule has 1 aromatic heterocycles. The van der Waals surface area contributed by atoms with Crippen molar-refractivity contribution in [3.05, 3.63) is 89.6 Å². The predicted molar refractivity (Wildman–Crippen MR) is 133 cm³/mol. The monoisotopic (exact) mass is 478 g/mol. The number of anilines is 1. The SMILES string of the molecule is CC1CCN(c2ccc(CNC(=O)c3cccc(S(=O)(=O)NCc4ccccc4)c3)cn2)CC1. The number of benzene rings is 2. The van der Waals surface area contributed by atoms with E-state index in [0.717, 1.165) is 36.0 Å². The minimum absolute atomic E-state index is 0.0537. The summed E-state index contributed by atoms with van der Waals surface area (Å²) in [4.78, 5) is 19.6. The van der Waals surface area contributed by atoms with Crippen LogP contribution in [0.15, 0.2) is 77.8 Å². The highest BCUT2D eigenvalue weighted by Gasteiger charge is 2.18. The van der Waals surface area contributed by atoms with Crippen LogP contribution in [-0.2, 0) is 23.1 Å². The molecule has 178 valence electrons. The second-order valence-electron chi connectivity index (χ2n) is 8.71. The van der Waals surface area contributed by atoms with E-state index < -0.39 is 10.0 Å². The molecule has 1 saturated heterocycles. The summed E-state index contributed by atoms with van der Waals surface area (Å²) in [5.74, 6) is 1.39. The summed E-state index contributed by atoms with van der Waals surface area (Å²) in [6.07, 6.45) is 4.13. The smallest absolute Gasteiger partial charge is 0.251 e. The third-order valence-corrected chi connectivity index (χ3v) is 7.48. The maximum atomic E-state index is 12.7. The van der Waals surface area contributed by atoms with E-state index in [4.69, 9.17) is 0 Å². The van der Waals surface area contributed by atoms with Crippen molar-refractivity contribution in [1.82, 2.24) is 15.0 Å². The first-order valence-corrected chi connectivity index (χ1v) is 13.0. The Morgan fingerprint density at radius 3 is 2.44 bits per heavy atom. The minimum Gasteiger partial charge on any atom is -0.357 e. The number of aromatic nitrogens is 1. The van der Waals surface area contributed by atoms with Gasteiger partial charge in [0.1, 0.15) is 5.82 Å². The topological polar surface area (TPSA) is 91.4 Å². The van der Waals surface area contributed by atoms with Gasteiger partial charge in [0.05, 0.1) is 4.90 Å². The Morgan fingerprint density at radius 1 is 0.971 bits per heavy atom. The van der Waals surface area contributed by atoms with Gasteiger partial charge in [0.25, 0.3) is 5.91 Å². The third kappa shape index (κ3) is 6.21. The van der Waals surface area contributed by atoms with E-state index in [2.05, 4.69) is 26.8 Å². The van der Waals surface area contributed by atoms with E-state index >= 15 is 0 Å². The highest BCUT2D eigenvalue weighted by atomic mass is 32.2. The van der Waals surface area contributed by atoms with Gasteiger partial charge in [-0.2, -0.15) is 0 Å². The second-order valence-corrected chi connectivity index (χ2v) is 10.5. The maximum absolute atomic E-state index is 12.7. The van der Waals surface area contributed by atoms with Gasteiger partial charge in [-0.25, -0.2) is 18.1 Å². The van der Waals surface area contributed by atoms with Crippen LogP contribution in [0.3, 0.4) is 0 Å². The van der Waals surface area contributed by atoms with Crippen molar-refractivity contribution in [2.45, 2.75) is 37.8 Å². The molecule has 2 aromatic carbocycles. The van der Waals surface area contributed by atoms with Gasteiger partial charge in [0.2, 0.25) is 10.0 Å². The van der Waals surface area contributed by atoms with Gasteiger partial charge in [0.15, 0.2) is 0 Å². The fraction of sp³-hybridized carbons (Fsp3) is 0.308. The lowest BCUT2D eigenvalue weighted by atomic mass is 9.99. The Bertz CT molecular complexity index is 1210. The van der Waals surface area contributed by atoms with Gasteiger partial charge in [-0.15, -0.1) is 0 Å². The molecule has 0 aliphatic carbocycles. The number of hydrogen-bond donors (Lipinski definition) is 2. The zero-order valence-corrected chi connectivity index (χ0v) is 20.1. The normalized spacial score (nSPS) is 14.7. The van der Waals surface area contributed by atoms with Crippen molar-refractivity contribution >= 4 is 21.7 Å². The minimum atomic E-state index is -3.75. The largest absolute Gasteiger partial charge is 0.357 e. The zero-order chi connectivity index (χ0) is 24.0. The summed E-state index contributed by atoms with van der Waals surface area (Å²) in [5.41, 5.74) is 2.03. The average molecular weight is 479 g/mol. The molecule has 2 N–H and O–H groups in total. The predicted octanol–water partition coefficient (Wildman–Crippen LogP) is 3.73. The van der Waals surface area contributed by atoms with Crippen molar-refractivity contribution in [1.29, 1.82) is 0 Å². The van der Waals surface area contributed by atoms with Crippen LogP contribution in [0.5, 0.6) is 0 Å². The summed E-state index contributed by atoms with van der Waals surface area (Å²) in [6.45, 7) is 4.81. The number of pyridine rings is 1. The van der Waals surface area contributed by atoms with Crippen LogP contribution >= 0.6 is 0 Å². The van der Waals surface area contributed by atoms with Crippen molar-refractivity contribution in [2.75, 3.05) is 18.0 Å². The molecule has 1 fully saturated rings. The van der Waals surface area contributed by atoms with E-state index in [1.54, 1.807) is 18.3 Å². The molecule has 4 rings (SSSR count). The number of carbonyl (C=O) groups excluding carboxylic acids is 1. The van der Waals surface area contributed by atoms with Crippen molar-refractivity contribution in [3.63, 3.8) is 0 Å². The third-order valence-electron chi connectivity index (χ3n) is 6.09. The Kier molecular flexibility index (Phi) is 7.59. The Balaban J connectivity index is 1.34. The summed E-state index contributed by atoms with van der Waals surface area (Å²) in [6, 6.07) is 19.3. The van der Waals surface area contributed by atoms with Crippen molar-refractivity contribution in [2.24, 2.45) is 5.92 Å². The van der Waals surface area contributed by atoms with Crippen LogP contribution in [0.2, 0.25) is 0 Å². The van der Waals surface area contributed by atoms with E-state index in [1.807, 2.05) is 42.5 Å². The Labute approximate surface area is 201 Å². The molecule has 1 aliphatic heterocycles. The lowest BCUT2D eigenvalue weighted by Gasteiger charge is -2.31. The lowest BCUT2D eigenvalue weighted by molar-refractivity contribution is 0.0950. The number of amides is 1. The maximum Gasteiger partial charge on any atom is 0.251 e. The Hall–Kier alpha value is -3.23. The number of sulfonamides is 1. The molecule has 0 bridgehead atoms.